The molecule has 4 aromatic rings. The van der Waals surface area contributed by atoms with Crippen LogP contribution in [0.3, 0.4) is 0 Å². The number of carbonyl (C=O) groups is 5. The lowest BCUT2D eigenvalue weighted by Crippen LogP contribution is -2.31. The molecule has 9 nitrogen and oxygen atoms in total. The number of nitrogens with zero attached hydrogens (tertiary/aromatic N) is 2. The number of ether oxygens (including phenoxy) is 1. The van der Waals surface area contributed by atoms with Crippen LogP contribution in [0, 0.1) is 0 Å². The quantitative estimate of drug-likeness (QED) is 0.175. The molecule has 0 radical (unpaired) electrons. The van der Waals surface area contributed by atoms with Crippen LogP contribution in [0.5, 0.6) is 5.75 Å². The zero-order chi connectivity index (χ0) is 27.3. The van der Waals surface area contributed by atoms with E-state index in [-0.39, 0.29) is 59.5 Å². The van der Waals surface area contributed by atoms with Crippen molar-refractivity contribution >= 4 is 40.3 Å². The summed E-state index contributed by atoms with van der Waals surface area (Å²) in [5.41, 5.74) is 1.75. The lowest BCUT2D eigenvalue weighted by Gasteiger charge is -2.14. The number of fused-ring (bicyclic) bond motifs is 3. The molecule has 0 bridgehead atoms. The molecule has 1 aliphatic carbocycles. The van der Waals surface area contributed by atoms with E-state index in [4.69, 9.17) is 4.74 Å². The van der Waals surface area contributed by atoms with Gasteiger partial charge in [-0.25, -0.2) is 4.79 Å². The van der Waals surface area contributed by atoms with Crippen molar-refractivity contribution in [2.24, 2.45) is 0 Å². The van der Waals surface area contributed by atoms with E-state index in [1.54, 1.807) is 48.5 Å². The average Bonchev–Trinajstić information content (AvgIpc) is 3.35. The molecule has 2 heterocycles. The van der Waals surface area contributed by atoms with Crippen LogP contribution in [0.25, 0.3) is 10.9 Å². The number of phenols is 1. The molecule has 1 aliphatic heterocycles. The summed E-state index contributed by atoms with van der Waals surface area (Å²) in [6.07, 6.45) is 0.268. The second-order valence-corrected chi connectivity index (χ2v) is 9.27. The number of esters is 1. The summed E-state index contributed by atoms with van der Waals surface area (Å²) in [5.74, 6) is -3.72. The van der Waals surface area contributed by atoms with Crippen LogP contribution in [-0.2, 0) is 4.74 Å². The van der Waals surface area contributed by atoms with Crippen molar-refractivity contribution in [2.45, 2.75) is 12.3 Å². The fourth-order valence-corrected chi connectivity index (χ4v) is 5.11. The van der Waals surface area contributed by atoms with E-state index in [2.05, 4.69) is 4.98 Å². The summed E-state index contributed by atoms with van der Waals surface area (Å²) in [7, 11) is 0. The predicted molar refractivity (Wildman–Crippen MR) is 138 cm³/mol. The molecular formula is C30H20N2O7. The number of amides is 2. The molecule has 3 aromatic carbocycles. The van der Waals surface area contributed by atoms with E-state index in [0.717, 1.165) is 4.90 Å². The van der Waals surface area contributed by atoms with Crippen LogP contribution in [0.4, 0.5) is 0 Å². The Balaban J connectivity index is 1.15. The highest BCUT2D eigenvalue weighted by atomic mass is 16.5. The first kappa shape index (κ1) is 24.2. The zero-order valence-electron chi connectivity index (χ0n) is 20.4. The van der Waals surface area contributed by atoms with Gasteiger partial charge in [-0.3, -0.25) is 29.1 Å². The van der Waals surface area contributed by atoms with Crippen molar-refractivity contribution in [2.75, 3.05) is 13.2 Å². The number of aromatic hydroxyl groups is 1. The van der Waals surface area contributed by atoms with Gasteiger partial charge in [0.05, 0.1) is 40.1 Å². The molecule has 0 fully saturated rings. The Morgan fingerprint density at radius 2 is 1.51 bits per heavy atom. The smallest absolute Gasteiger partial charge is 0.338 e. The normalized spacial score (nSPS) is 16.1. The number of imide groups is 1. The zero-order valence-corrected chi connectivity index (χ0v) is 20.4. The first-order valence-corrected chi connectivity index (χ1v) is 12.3. The molecule has 2 amide bonds. The van der Waals surface area contributed by atoms with E-state index >= 15 is 0 Å². The number of benzene rings is 3. The van der Waals surface area contributed by atoms with Gasteiger partial charge in [-0.15, -0.1) is 0 Å². The molecule has 1 N–H and O–H groups in total. The van der Waals surface area contributed by atoms with Crippen LogP contribution < -0.4 is 0 Å². The fourth-order valence-electron chi connectivity index (χ4n) is 5.11. The van der Waals surface area contributed by atoms with Crippen LogP contribution in [0.1, 0.15) is 69.8 Å². The van der Waals surface area contributed by atoms with Gasteiger partial charge in [0.1, 0.15) is 11.7 Å². The molecule has 2 aliphatic rings. The Labute approximate surface area is 221 Å². The van der Waals surface area contributed by atoms with E-state index in [1.807, 2.05) is 0 Å². The SMILES string of the molecule is O=C(OCCCN1C(=O)c2ccccc2C1=O)c1cccc2nc(C3C(=O)c4cccc(O)c4C3=O)ccc12. The van der Waals surface area contributed by atoms with Crippen molar-refractivity contribution in [1.29, 1.82) is 0 Å². The number of phenolic OH excluding ortho intramolecular Hbond substituents is 1. The molecule has 1 unspecified atom stereocenters. The van der Waals surface area contributed by atoms with E-state index in [9.17, 15) is 29.1 Å². The van der Waals surface area contributed by atoms with E-state index in [1.165, 1.54) is 24.3 Å². The molecule has 0 saturated heterocycles. The molecule has 6 rings (SSSR count). The van der Waals surface area contributed by atoms with E-state index < -0.39 is 23.5 Å². The molecule has 39 heavy (non-hydrogen) atoms. The number of Topliss-reactive ketones (excluding diaryl/α,β-unsaturated/α-hetero) is 2. The third-order valence-electron chi connectivity index (χ3n) is 6.99. The van der Waals surface area contributed by atoms with Gasteiger partial charge in [-0.05, 0) is 42.8 Å². The molecule has 9 heteroatoms. The van der Waals surface area contributed by atoms with Crippen LogP contribution in [0.15, 0.2) is 72.8 Å². The lowest BCUT2D eigenvalue weighted by molar-refractivity contribution is 0.0484. The highest BCUT2D eigenvalue weighted by Crippen LogP contribution is 2.38. The second kappa shape index (κ2) is 9.29. The Morgan fingerprint density at radius 1 is 0.821 bits per heavy atom. The molecule has 0 spiro atoms. The van der Waals surface area contributed by atoms with Gasteiger partial charge in [0, 0.05) is 17.5 Å². The van der Waals surface area contributed by atoms with Crippen molar-refractivity contribution in [3.8, 4) is 5.75 Å². The van der Waals surface area contributed by atoms with Gasteiger partial charge < -0.3 is 9.84 Å². The second-order valence-electron chi connectivity index (χ2n) is 9.27. The van der Waals surface area contributed by atoms with Gasteiger partial charge in [0.2, 0.25) is 0 Å². The summed E-state index contributed by atoms with van der Waals surface area (Å²) >= 11 is 0. The van der Waals surface area contributed by atoms with Gasteiger partial charge in [0.25, 0.3) is 11.8 Å². The fraction of sp³-hybridized carbons (Fsp3) is 0.133. The minimum Gasteiger partial charge on any atom is -0.507 e. The number of ketones is 2. The summed E-state index contributed by atoms with van der Waals surface area (Å²) in [4.78, 5) is 69.3. The number of aromatic nitrogens is 1. The highest BCUT2D eigenvalue weighted by Gasteiger charge is 2.42. The maximum absolute atomic E-state index is 12.9. The van der Waals surface area contributed by atoms with Crippen molar-refractivity contribution in [3.63, 3.8) is 0 Å². The predicted octanol–water partition coefficient (Wildman–Crippen LogP) is 3.95. The minimum absolute atomic E-state index is 0.00654. The third kappa shape index (κ3) is 3.86. The van der Waals surface area contributed by atoms with Crippen molar-refractivity contribution < 1.29 is 33.8 Å². The molecule has 1 aromatic heterocycles. The van der Waals surface area contributed by atoms with Crippen LogP contribution in [0.2, 0.25) is 0 Å². The van der Waals surface area contributed by atoms with E-state index in [0.29, 0.717) is 22.0 Å². The number of carbonyl (C=O) groups excluding carboxylic acids is 5. The molecular weight excluding hydrogens is 500 g/mol. The monoisotopic (exact) mass is 520 g/mol. The first-order chi connectivity index (χ1) is 18.9. The minimum atomic E-state index is -1.17. The van der Waals surface area contributed by atoms with Gasteiger partial charge >= 0.3 is 5.97 Å². The lowest BCUT2D eigenvalue weighted by atomic mass is 9.97. The molecule has 1 atom stereocenters. The Hall–Kier alpha value is -5.18. The maximum Gasteiger partial charge on any atom is 0.338 e. The third-order valence-corrected chi connectivity index (χ3v) is 6.99. The Bertz CT molecular complexity index is 1710. The number of pyridine rings is 1. The summed E-state index contributed by atoms with van der Waals surface area (Å²) in [6, 6.07) is 19.0. The van der Waals surface area contributed by atoms with Gasteiger partial charge in [-0.2, -0.15) is 0 Å². The van der Waals surface area contributed by atoms with Gasteiger partial charge in [0.15, 0.2) is 11.6 Å². The molecule has 192 valence electrons. The summed E-state index contributed by atoms with van der Waals surface area (Å²) < 4.78 is 5.41. The molecule has 0 saturated carbocycles. The van der Waals surface area contributed by atoms with Gasteiger partial charge in [-0.1, -0.05) is 36.4 Å². The Morgan fingerprint density at radius 3 is 2.23 bits per heavy atom. The number of hydrogen-bond donors (Lipinski definition) is 1. The first-order valence-electron chi connectivity index (χ1n) is 12.3. The maximum atomic E-state index is 12.9. The average molecular weight is 520 g/mol. The van der Waals surface area contributed by atoms with Crippen molar-refractivity contribution in [3.05, 3.63) is 106 Å². The standard InChI is InChI=1S/C30H20N2O7/c33-23-11-4-9-20-24(23)27(35)25(26(20)34)22-13-12-16-19(8-3-10-21(16)31-22)30(38)39-15-5-14-32-28(36)17-6-1-2-7-18(17)29(32)37/h1-4,6-13,25,33H,5,14-15H2. The Kier molecular flexibility index (Phi) is 5.76. The largest absolute Gasteiger partial charge is 0.507 e. The number of rotatable bonds is 6. The highest BCUT2D eigenvalue weighted by molar-refractivity contribution is 6.30. The van der Waals surface area contributed by atoms with Crippen LogP contribution in [-0.4, -0.2) is 57.5 Å². The van der Waals surface area contributed by atoms with Crippen molar-refractivity contribution in [1.82, 2.24) is 9.88 Å². The van der Waals surface area contributed by atoms with Crippen LogP contribution >= 0.6 is 0 Å². The summed E-state index contributed by atoms with van der Waals surface area (Å²) in [5, 5.41) is 10.6. The summed E-state index contributed by atoms with van der Waals surface area (Å²) in [6.45, 7) is 0.0996. The number of hydrogen-bond acceptors (Lipinski definition) is 8. The topological polar surface area (TPSA) is 131 Å².